The van der Waals surface area contributed by atoms with Gasteiger partial charge in [0, 0.05) is 9.86 Å². The molecular formula is C15H12BrClN2O2S. The van der Waals surface area contributed by atoms with Gasteiger partial charge in [0.2, 0.25) is 0 Å². The molecule has 3 aromatic rings. The number of benzene rings is 2. The van der Waals surface area contributed by atoms with E-state index in [1.807, 2.05) is 13.8 Å². The molecule has 22 heavy (non-hydrogen) atoms. The third-order valence-corrected chi connectivity index (χ3v) is 6.60. The van der Waals surface area contributed by atoms with Crippen LogP contribution in [0.5, 0.6) is 0 Å². The molecule has 1 heterocycles. The predicted molar refractivity (Wildman–Crippen MR) is 90.9 cm³/mol. The van der Waals surface area contributed by atoms with Gasteiger partial charge in [-0.25, -0.2) is 0 Å². The highest BCUT2D eigenvalue weighted by Crippen LogP contribution is 2.34. The first-order valence-electron chi connectivity index (χ1n) is 6.47. The van der Waals surface area contributed by atoms with Crippen LogP contribution < -0.4 is 0 Å². The number of nitrogens with zero attached hydrogens (tertiary/aromatic N) is 2. The lowest BCUT2D eigenvalue weighted by molar-refractivity contribution is 0.582. The van der Waals surface area contributed by atoms with Crippen molar-refractivity contribution in [2.75, 3.05) is 0 Å². The number of aryl methyl sites for hydroxylation is 2. The van der Waals surface area contributed by atoms with E-state index in [9.17, 15) is 8.42 Å². The minimum absolute atomic E-state index is 0.201. The Morgan fingerprint density at radius 3 is 2.45 bits per heavy atom. The Morgan fingerprint density at radius 2 is 1.82 bits per heavy atom. The predicted octanol–water partition coefficient (Wildman–Crippen LogP) is 4.31. The number of hydrogen-bond acceptors (Lipinski definition) is 3. The van der Waals surface area contributed by atoms with Gasteiger partial charge >= 0.3 is 0 Å². The quantitative estimate of drug-likeness (QED) is 0.645. The van der Waals surface area contributed by atoms with Crippen LogP contribution in [0, 0.1) is 13.8 Å². The SMILES string of the molecule is Cc1ccc(S(=O)(=O)n2ncc3c(Br)c(Cl)c(C)cc32)cc1. The first-order valence-corrected chi connectivity index (χ1v) is 9.08. The first kappa shape index (κ1) is 15.5. The molecule has 0 aliphatic carbocycles. The molecule has 0 atom stereocenters. The third kappa shape index (κ3) is 2.35. The maximum Gasteiger partial charge on any atom is 0.283 e. The van der Waals surface area contributed by atoms with Crippen molar-refractivity contribution < 1.29 is 8.42 Å². The van der Waals surface area contributed by atoms with Gasteiger partial charge in [-0.15, -0.1) is 0 Å². The van der Waals surface area contributed by atoms with Gasteiger partial charge in [0.25, 0.3) is 10.0 Å². The second kappa shape index (κ2) is 5.37. The Kier molecular flexibility index (Phi) is 3.79. The molecule has 0 saturated heterocycles. The average molecular weight is 400 g/mol. The van der Waals surface area contributed by atoms with Crippen LogP contribution in [-0.2, 0) is 10.0 Å². The highest BCUT2D eigenvalue weighted by molar-refractivity contribution is 9.10. The van der Waals surface area contributed by atoms with Gasteiger partial charge in [-0.05, 0) is 53.5 Å². The molecule has 3 rings (SSSR count). The van der Waals surface area contributed by atoms with E-state index >= 15 is 0 Å². The van der Waals surface area contributed by atoms with Gasteiger partial charge in [-0.2, -0.15) is 17.6 Å². The fraction of sp³-hybridized carbons (Fsp3) is 0.133. The highest BCUT2D eigenvalue weighted by Gasteiger charge is 2.22. The lowest BCUT2D eigenvalue weighted by Gasteiger charge is -2.08. The van der Waals surface area contributed by atoms with E-state index in [1.54, 1.807) is 30.3 Å². The molecule has 0 saturated carbocycles. The molecule has 0 bridgehead atoms. The fourth-order valence-corrected chi connectivity index (χ4v) is 4.24. The van der Waals surface area contributed by atoms with E-state index in [4.69, 9.17) is 11.6 Å². The molecule has 0 unspecified atom stereocenters. The molecule has 0 aliphatic heterocycles. The normalized spacial score (nSPS) is 12.0. The Morgan fingerprint density at radius 1 is 1.18 bits per heavy atom. The largest absolute Gasteiger partial charge is 0.283 e. The van der Waals surface area contributed by atoms with Gasteiger partial charge in [-0.1, -0.05) is 29.3 Å². The number of rotatable bonds is 2. The maximum absolute atomic E-state index is 12.8. The number of halogens is 2. The zero-order valence-corrected chi connectivity index (χ0v) is 15.0. The molecule has 2 aromatic carbocycles. The molecule has 0 N–H and O–H groups in total. The summed E-state index contributed by atoms with van der Waals surface area (Å²) in [4.78, 5) is 0.201. The van der Waals surface area contributed by atoms with Crippen LogP contribution in [0.3, 0.4) is 0 Å². The van der Waals surface area contributed by atoms with Crippen molar-refractivity contribution in [3.05, 3.63) is 57.2 Å². The van der Waals surface area contributed by atoms with E-state index in [0.29, 0.717) is 20.4 Å². The molecule has 0 amide bonds. The van der Waals surface area contributed by atoms with Gasteiger partial charge < -0.3 is 0 Å². The molecule has 0 fully saturated rings. The molecule has 0 aliphatic rings. The highest BCUT2D eigenvalue weighted by atomic mass is 79.9. The lowest BCUT2D eigenvalue weighted by atomic mass is 10.2. The van der Waals surface area contributed by atoms with E-state index < -0.39 is 10.0 Å². The van der Waals surface area contributed by atoms with Crippen LogP contribution in [0.25, 0.3) is 10.9 Å². The molecule has 1 aromatic heterocycles. The van der Waals surface area contributed by atoms with Crippen molar-refractivity contribution >= 4 is 48.5 Å². The average Bonchev–Trinajstić information content (AvgIpc) is 2.90. The Balaban J connectivity index is 2.28. The molecule has 4 nitrogen and oxygen atoms in total. The zero-order chi connectivity index (χ0) is 16.1. The maximum atomic E-state index is 12.8. The summed E-state index contributed by atoms with van der Waals surface area (Å²) in [6.45, 7) is 3.73. The summed E-state index contributed by atoms with van der Waals surface area (Å²) in [7, 11) is -3.74. The third-order valence-electron chi connectivity index (χ3n) is 3.45. The van der Waals surface area contributed by atoms with Crippen molar-refractivity contribution in [3.63, 3.8) is 0 Å². The summed E-state index contributed by atoms with van der Waals surface area (Å²) < 4.78 is 27.3. The van der Waals surface area contributed by atoms with Gasteiger partial charge in [0.05, 0.1) is 21.6 Å². The topological polar surface area (TPSA) is 52.0 Å². The first-order chi connectivity index (χ1) is 10.3. The fourth-order valence-electron chi connectivity index (χ4n) is 2.21. The molecule has 0 spiro atoms. The second-order valence-electron chi connectivity index (χ2n) is 5.06. The Labute approximate surface area is 141 Å². The van der Waals surface area contributed by atoms with Crippen molar-refractivity contribution in [1.29, 1.82) is 0 Å². The molecule has 0 radical (unpaired) electrons. The Bertz CT molecular complexity index is 979. The standard InChI is InChI=1S/C15H12BrClN2O2S/c1-9-3-5-11(6-4-9)22(20,21)19-13-7-10(2)15(17)14(16)12(13)8-18-19/h3-8H,1-2H3. The number of hydrogen-bond donors (Lipinski definition) is 0. The number of fused-ring (bicyclic) bond motifs is 1. The van der Waals surface area contributed by atoms with Crippen molar-refractivity contribution in [1.82, 2.24) is 9.19 Å². The molecular weight excluding hydrogens is 388 g/mol. The summed E-state index contributed by atoms with van der Waals surface area (Å²) in [5, 5.41) is 5.26. The van der Waals surface area contributed by atoms with Crippen molar-refractivity contribution in [2.24, 2.45) is 0 Å². The second-order valence-corrected chi connectivity index (χ2v) is 8.00. The lowest BCUT2D eigenvalue weighted by Crippen LogP contribution is -2.14. The van der Waals surface area contributed by atoms with Crippen molar-refractivity contribution in [2.45, 2.75) is 18.7 Å². The van der Waals surface area contributed by atoms with Gasteiger partial charge in [0.1, 0.15) is 0 Å². The smallest absolute Gasteiger partial charge is 0.199 e. The minimum atomic E-state index is -3.74. The van der Waals surface area contributed by atoms with E-state index in [-0.39, 0.29) is 4.90 Å². The molecule has 7 heteroatoms. The van der Waals surface area contributed by atoms with Crippen LogP contribution in [0.1, 0.15) is 11.1 Å². The van der Waals surface area contributed by atoms with Crippen molar-refractivity contribution in [3.8, 4) is 0 Å². The summed E-state index contributed by atoms with van der Waals surface area (Å²) in [5.41, 5.74) is 2.27. The summed E-state index contributed by atoms with van der Waals surface area (Å²) in [5.74, 6) is 0. The van der Waals surface area contributed by atoms with E-state index in [2.05, 4.69) is 21.0 Å². The van der Waals surface area contributed by atoms with Crippen LogP contribution in [0.15, 0.2) is 45.9 Å². The van der Waals surface area contributed by atoms with E-state index in [1.165, 1.54) is 6.20 Å². The van der Waals surface area contributed by atoms with Crippen LogP contribution in [0.2, 0.25) is 5.02 Å². The van der Waals surface area contributed by atoms with E-state index in [0.717, 1.165) is 15.2 Å². The monoisotopic (exact) mass is 398 g/mol. The number of aromatic nitrogens is 2. The Hall–Kier alpha value is -1.37. The minimum Gasteiger partial charge on any atom is -0.199 e. The van der Waals surface area contributed by atoms with Crippen LogP contribution >= 0.6 is 27.5 Å². The summed E-state index contributed by atoms with van der Waals surface area (Å²) in [6.07, 6.45) is 1.50. The van der Waals surface area contributed by atoms with Gasteiger partial charge in [0.15, 0.2) is 0 Å². The zero-order valence-electron chi connectivity index (χ0n) is 11.8. The summed E-state index contributed by atoms with van der Waals surface area (Å²) in [6, 6.07) is 8.40. The van der Waals surface area contributed by atoms with Gasteiger partial charge in [-0.3, -0.25) is 0 Å². The summed E-state index contributed by atoms with van der Waals surface area (Å²) >= 11 is 9.58. The van der Waals surface area contributed by atoms with Crippen LogP contribution in [-0.4, -0.2) is 17.6 Å². The van der Waals surface area contributed by atoms with Crippen LogP contribution in [0.4, 0.5) is 0 Å². The molecule has 114 valence electrons.